The zero-order valence-corrected chi connectivity index (χ0v) is 16.8. The summed E-state index contributed by atoms with van der Waals surface area (Å²) in [6.45, 7) is 10.4. The van der Waals surface area contributed by atoms with Crippen LogP contribution in [0.2, 0.25) is 0 Å². The van der Waals surface area contributed by atoms with E-state index in [0.717, 1.165) is 32.4 Å². The zero-order chi connectivity index (χ0) is 18.5. The SMILES string of the molecule is CCCCC/C(=C\c1ccccc1)CN(CC(C)C)C(=O)CCCC. The molecule has 1 aromatic rings. The maximum Gasteiger partial charge on any atom is 0.222 e. The normalized spacial score (nSPS) is 11.8. The van der Waals surface area contributed by atoms with Gasteiger partial charge in [-0.05, 0) is 30.7 Å². The van der Waals surface area contributed by atoms with E-state index in [1.807, 2.05) is 6.07 Å². The van der Waals surface area contributed by atoms with E-state index < -0.39 is 0 Å². The van der Waals surface area contributed by atoms with Crippen LogP contribution in [0.3, 0.4) is 0 Å². The van der Waals surface area contributed by atoms with Crippen LogP contribution in [-0.4, -0.2) is 23.9 Å². The molecule has 0 radical (unpaired) electrons. The van der Waals surface area contributed by atoms with Crippen molar-refractivity contribution in [3.63, 3.8) is 0 Å². The van der Waals surface area contributed by atoms with Gasteiger partial charge in [0.15, 0.2) is 0 Å². The van der Waals surface area contributed by atoms with Crippen molar-refractivity contribution >= 4 is 12.0 Å². The molecule has 0 aliphatic carbocycles. The van der Waals surface area contributed by atoms with Crippen LogP contribution >= 0.6 is 0 Å². The molecule has 0 saturated heterocycles. The molecule has 0 saturated carbocycles. The number of carbonyl (C=O) groups excluding carboxylic acids is 1. The second-order valence-corrected chi connectivity index (χ2v) is 7.44. The molecule has 2 heteroatoms. The Morgan fingerprint density at radius 2 is 1.68 bits per heavy atom. The summed E-state index contributed by atoms with van der Waals surface area (Å²) in [6, 6.07) is 10.5. The Kier molecular flexibility index (Phi) is 10.9. The van der Waals surface area contributed by atoms with Crippen molar-refractivity contribution in [3.8, 4) is 0 Å². The predicted molar refractivity (Wildman–Crippen MR) is 110 cm³/mol. The summed E-state index contributed by atoms with van der Waals surface area (Å²) in [5.41, 5.74) is 2.62. The van der Waals surface area contributed by atoms with Crippen molar-refractivity contribution in [1.82, 2.24) is 4.90 Å². The molecule has 25 heavy (non-hydrogen) atoms. The lowest BCUT2D eigenvalue weighted by molar-refractivity contribution is -0.131. The van der Waals surface area contributed by atoms with Gasteiger partial charge >= 0.3 is 0 Å². The third-order valence-corrected chi connectivity index (χ3v) is 4.35. The minimum absolute atomic E-state index is 0.310. The Hall–Kier alpha value is -1.57. The molecular weight excluding hydrogens is 306 g/mol. The number of amides is 1. The highest BCUT2D eigenvalue weighted by molar-refractivity contribution is 5.76. The van der Waals surface area contributed by atoms with Crippen LogP contribution < -0.4 is 0 Å². The first-order valence-electron chi connectivity index (χ1n) is 10.1. The van der Waals surface area contributed by atoms with E-state index in [2.05, 4.69) is 62.9 Å². The molecule has 140 valence electrons. The van der Waals surface area contributed by atoms with Gasteiger partial charge in [-0.15, -0.1) is 0 Å². The molecule has 1 rings (SSSR count). The molecule has 1 amide bonds. The van der Waals surface area contributed by atoms with Gasteiger partial charge in [0.25, 0.3) is 0 Å². The molecule has 2 nitrogen and oxygen atoms in total. The number of hydrogen-bond acceptors (Lipinski definition) is 1. The average molecular weight is 344 g/mol. The van der Waals surface area contributed by atoms with Crippen molar-refractivity contribution in [2.24, 2.45) is 5.92 Å². The summed E-state index contributed by atoms with van der Waals surface area (Å²) in [7, 11) is 0. The van der Waals surface area contributed by atoms with Crippen molar-refractivity contribution in [1.29, 1.82) is 0 Å². The van der Waals surface area contributed by atoms with Crippen LogP contribution in [0.1, 0.15) is 78.2 Å². The molecule has 0 heterocycles. The van der Waals surface area contributed by atoms with Gasteiger partial charge in [0.2, 0.25) is 5.91 Å². The van der Waals surface area contributed by atoms with Gasteiger partial charge < -0.3 is 4.90 Å². The highest BCUT2D eigenvalue weighted by Gasteiger charge is 2.16. The Balaban J connectivity index is 2.88. The minimum Gasteiger partial charge on any atom is -0.338 e. The van der Waals surface area contributed by atoms with Crippen molar-refractivity contribution in [3.05, 3.63) is 41.5 Å². The van der Waals surface area contributed by atoms with Gasteiger partial charge in [0.05, 0.1) is 0 Å². The zero-order valence-electron chi connectivity index (χ0n) is 16.8. The van der Waals surface area contributed by atoms with Crippen LogP contribution in [0.25, 0.3) is 6.08 Å². The molecule has 0 N–H and O–H groups in total. The van der Waals surface area contributed by atoms with E-state index in [1.54, 1.807) is 0 Å². The summed E-state index contributed by atoms with van der Waals surface area (Å²) >= 11 is 0. The second-order valence-electron chi connectivity index (χ2n) is 7.44. The Bertz CT molecular complexity index is 504. The minimum atomic E-state index is 0.310. The first-order chi connectivity index (χ1) is 12.1. The monoisotopic (exact) mass is 343 g/mol. The molecule has 1 aromatic carbocycles. The van der Waals surface area contributed by atoms with Gasteiger partial charge in [-0.1, -0.05) is 88.9 Å². The third kappa shape index (κ3) is 9.48. The first kappa shape index (κ1) is 21.5. The van der Waals surface area contributed by atoms with Crippen LogP contribution in [0.5, 0.6) is 0 Å². The van der Waals surface area contributed by atoms with E-state index >= 15 is 0 Å². The molecule has 0 bridgehead atoms. The Morgan fingerprint density at radius 3 is 2.28 bits per heavy atom. The average Bonchev–Trinajstić information content (AvgIpc) is 2.59. The van der Waals surface area contributed by atoms with Crippen molar-refractivity contribution in [2.75, 3.05) is 13.1 Å². The molecular formula is C23H37NO. The topological polar surface area (TPSA) is 20.3 Å². The summed E-state index contributed by atoms with van der Waals surface area (Å²) < 4.78 is 0. The standard InChI is InChI=1S/C23H37NO/c1-5-7-10-15-22(17-21-13-11-9-12-14-21)19-24(18-20(3)4)23(25)16-8-6-2/h9,11-14,17,20H,5-8,10,15-16,18-19H2,1-4H3/b22-17+. The van der Waals surface area contributed by atoms with Gasteiger partial charge in [-0.25, -0.2) is 0 Å². The summed E-state index contributed by atoms with van der Waals surface area (Å²) in [4.78, 5) is 14.7. The largest absolute Gasteiger partial charge is 0.338 e. The molecule has 0 atom stereocenters. The Labute approximate surface area is 155 Å². The fourth-order valence-corrected chi connectivity index (χ4v) is 3.01. The van der Waals surface area contributed by atoms with Crippen LogP contribution in [0.4, 0.5) is 0 Å². The molecule has 0 unspecified atom stereocenters. The number of hydrogen-bond donors (Lipinski definition) is 0. The maximum atomic E-state index is 12.7. The van der Waals surface area contributed by atoms with E-state index in [-0.39, 0.29) is 0 Å². The molecule has 0 aliphatic heterocycles. The van der Waals surface area contributed by atoms with E-state index in [0.29, 0.717) is 18.2 Å². The summed E-state index contributed by atoms with van der Waals surface area (Å²) in [6.07, 6.45) is 9.79. The smallest absolute Gasteiger partial charge is 0.222 e. The highest BCUT2D eigenvalue weighted by Crippen LogP contribution is 2.17. The van der Waals surface area contributed by atoms with Crippen molar-refractivity contribution < 1.29 is 4.79 Å². The highest BCUT2D eigenvalue weighted by atomic mass is 16.2. The molecule has 0 fully saturated rings. The number of rotatable bonds is 12. The van der Waals surface area contributed by atoms with Gasteiger partial charge in [-0.2, -0.15) is 0 Å². The summed E-state index contributed by atoms with van der Waals surface area (Å²) in [5.74, 6) is 0.809. The maximum absolute atomic E-state index is 12.7. The van der Waals surface area contributed by atoms with Crippen molar-refractivity contribution in [2.45, 2.75) is 72.6 Å². The number of nitrogens with zero attached hydrogens (tertiary/aromatic N) is 1. The van der Waals surface area contributed by atoms with Crippen LogP contribution in [0, 0.1) is 5.92 Å². The van der Waals surface area contributed by atoms with Gasteiger partial charge in [-0.3, -0.25) is 4.79 Å². The van der Waals surface area contributed by atoms with E-state index in [9.17, 15) is 4.79 Å². The molecule has 0 aromatic heterocycles. The van der Waals surface area contributed by atoms with Gasteiger partial charge in [0.1, 0.15) is 0 Å². The first-order valence-corrected chi connectivity index (χ1v) is 10.1. The molecule has 0 aliphatic rings. The number of unbranched alkanes of at least 4 members (excludes halogenated alkanes) is 3. The second kappa shape index (κ2) is 12.7. The lowest BCUT2D eigenvalue weighted by atomic mass is 10.0. The fraction of sp³-hybridized carbons (Fsp3) is 0.609. The van der Waals surface area contributed by atoms with E-state index in [1.165, 1.54) is 30.4 Å². The quantitative estimate of drug-likeness (QED) is 0.406. The predicted octanol–water partition coefficient (Wildman–Crippen LogP) is 6.33. The third-order valence-electron chi connectivity index (χ3n) is 4.35. The fourth-order valence-electron chi connectivity index (χ4n) is 3.01. The number of benzene rings is 1. The van der Waals surface area contributed by atoms with Crippen LogP contribution in [-0.2, 0) is 4.79 Å². The van der Waals surface area contributed by atoms with E-state index in [4.69, 9.17) is 0 Å². The van der Waals surface area contributed by atoms with Gasteiger partial charge in [0, 0.05) is 19.5 Å². The summed E-state index contributed by atoms with van der Waals surface area (Å²) in [5, 5.41) is 0. The Morgan fingerprint density at radius 1 is 1.00 bits per heavy atom. The number of carbonyl (C=O) groups is 1. The van der Waals surface area contributed by atoms with Crippen LogP contribution in [0.15, 0.2) is 35.9 Å². The molecule has 0 spiro atoms. The lowest BCUT2D eigenvalue weighted by Gasteiger charge is -2.26. The lowest BCUT2D eigenvalue weighted by Crippen LogP contribution is -2.35.